The number of alkyl halides is 3. The van der Waals surface area contributed by atoms with Gasteiger partial charge in [-0.3, -0.25) is 9.78 Å². The van der Waals surface area contributed by atoms with Crippen LogP contribution in [-0.4, -0.2) is 95.7 Å². The Labute approximate surface area is 286 Å². The minimum atomic E-state index is -4.78. The molecule has 4 heterocycles. The molecule has 2 fully saturated rings. The highest BCUT2D eigenvalue weighted by Crippen LogP contribution is 2.38. The Morgan fingerprint density at radius 1 is 0.980 bits per heavy atom. The highest BCUT2D eigenvalue weighted by atomic mass is 35.5. The van der Waals surface area contributed by atoms with Crippen LogP contribution >= 0.6 is 11.6 Å². The van der Waals surface area contributed by atoms with E-state index in [1.165, 1.54) is 11.0 Å². The van der Waals surface area contributed by atoms with Gasteiger partial charge in [0.05, 0.1) is 16.3 Å². The number of carbonyl (C=O) groups excluding carboxylic acids is 3. The summed E-state index contributed by atoms with van der Waals surface area (Å²) in [7, 11) is 0. The van der Waals surface area contributed by atoms with Gasteiger partial charge in [0.1, 0.15) is 0 Å². The van der Waals surface area contributed by atoms with E-state index in [1.54, 1.807) is 22.2 Å². The number of piperazine rings is 1. The molecule has 4 amide bonds. The van der Waals surface area contributed by atoms with E-state index < -0.39 is 35.5 Å². The summed E-state index contributed by atoms with van der Waals surface area (Å²) in [5.41, 5.74) is 6.74. The second-order valence-corrected chi connectivity index (χ2v) is 12.8. The van der Waals surface area contributed by atoms with E-state index in [0.29, 0.717) is 52.0 Å². The number of pyridine rings is 1. The number of nitrogens with one attached hydrogen (secondary N) is 1. The number of rotatable bonds is 6. The van der Waals surface area contributed by atoms with Gasteiger partial charge in [-0.2, -0.15) is 13.2 Å². The molecule has 2 saturated heterocycles. The second kappa shape index (κ2) is 14.4. The lowest BCUT2D eigenvalue weighted by Gasteiger charge is -2.39. The number of benzene rings is 2. The van der Waals surface area contributed by atoms with Crippen LogP contribution in [-0.2, 0) is 28.5 Å². The highest BCUT2D eigenvalue weighted by molar-refractivity contribution is 6.33. The Morgan fingerprint density at radius 2 is 1.67 bits per heavy atom. The molecule has 49 heavy (non-hydrogen) atoms. The van der Waals surface area contributed by atoms with Gasteiger partial charge < -0.3 is 35.4 Å². The number of nitrogen functional groups attached to an aromatic ring is 1. The van der Waals surface area contributed by atoms with Crippen LogP contribution in [0.15, 0.2) is 60.9 Å². The lowest BCUT2D eigenvalue weighted by atomic mass is 10.0. The average molecular weight is 700 g/mol. The Morgan fingerprint density at radius 3 is 2.37 bits per heavy atom. The largest absolute Gasteiger partial charge is 0.436 e. The number of nitrogens with zero attached hydrogens (tertiary/aromatic N) is 5. The fourth-order valence-corrected chi connectivity index (χ4v) is 6.90. The molecule has 0 spiro atoms. The normalized spacial score (nSPS) is 18.0. The smallest absolute Gasteiger partial charge is 0.418 e. The average Bonchev–Trinajstić information content (AvgIpc) is 3.27. The summed E-state index contributed by atoms with van der Waals surface area (Å²) < 4.78 is 47.1. The van der Waals surface area contributed by atoms with Crippen molar-refractivity contribution in [3.63, 3.8) is 0 Å². The summed E-state index contributed by atoms with van der Waals surface area (Å²) in [5, 5.41) is 2.67. The molecule has 15 heteroatoms. The summed E-state index contributed by atoms with van der Waals surface area (Å²) in [6, 6.07) is 13.2. The number of hydrogen-bond donors (Lipinski definition) is 2. The van der Waals surface area contributed by atoms with Gasteiger partial charge in [-0.1, -0.05) is 29.8 Å². The Hall–Kier alpha value is -4.72. The number of amides is 4. The number of piperidine rings is 1. The molecule has 0 unspecified atom stereocenters. The SMILES string of the molecule is Nc1c(Cl)cc(C[C@@H](OC(=O)N2CCC(N3CCc4ccccc4NC3=O)CC2)C(=O)N2CCN(c3ccncc3)CC2)cc1C(F)(F)F. The van der Waals surface area contributed by atoms with E-state index >= 15 is 0 Å². The Kier molecular flexibility index (Phi) is 10.0. The predicted molar refractivity (Wildman–Crippen MR) is 178 cm³/mol. The second-order valence-electron chi connectivity index (χ2n) is 12.4. The quantitative estimate of drug-likeness (QED) is 0.336. The van der Waals surface area contributed by atoms with Crippen molar-refractivity contribution in [2.24, 2.45) is 0 Å². The minimum absolute atomic E-state index is 0.0555. The molecule has 260 valence electrons. The number of halogens is 4. The van der Waals surface area contributed by atoms with Gasteiger partial charge in [0.25, 0.3) is 5.91 Å². The molecule has 0 aliphatic carbocycles. The van der Waals surface area contributed by atoms with Crippen LogP contribution in [0, 0.1) is 0 Å². The van der Waals surface area contributed by atoms with E-state index in [9.17, 15) is 27.6 Å². The lowest BCUT2D eigenvalue weighted by Crippen LogP contribution is -2.54. The number of para-hydroxylation sites is 1. The van der Waals surface area contributed by atoms with Crippen molar-refractivity contribution in [3.05, 3.63) is 82.6 Å². The van der Waals surface area contributed by atoms with Gasteiger partial charge in [0.2, 0.25) is 0 Å². The summed E-state index contributed by atoms with van der Waals surface area (Å²) in [4.78, 5) is 51.4. The van der Waals surface area contributed by atoms with Crippen LogP contribution in [0.5, 0.6) is 0 Å². The number of hydrogen-bond acceptors (Lipinski definition) is 7. The molecule has 3 N–H and O–H groups in total. The monoisotopic (exact) mass is 699 g/mol. The van der Waals surface area contributed by atoms with Crippen LogP contribution in [0.2, 0.25) is 5.02 Å². The maximum absolute atomic E-state index is 13.9. The van der Waals surface area contributed by atoms with Gasteiger partial charge >= 0.3 is 18.3 Å². The van der Waals surface area contributed by atoms with Gasteiger partial charge in [-0.15, -0.1) is 0 Å². The van der Waals surface area contributed by atoms with Crippen molar-refractivity contribution in [2.75, 3.05) is 61.8 Å². The maximum atomic E-state index is 13.9. The van der Waals surface area contributed by atoms with Crippen LogP contribution in [0.4, 0.5) is 39.8 Å². The molecule has 1 atom stereocenters. The van der Waals surface area contributed by atoms with E-state index in [1.807, 2.05) is 36.4 Å². The van der Waals surface area contributed by atoms with Crippen molar-refractivity contribution in [1.29, 1.82) is 0 Å². The molecule has 0 saturated carbocycles. The fraction of sp³-hybridized carbons (Fsp3) is 0.412. The number of aromatic nitrogens is 1. The van der Waals surface area contributed by atoms with Crippen molar-refractivity contribution >= 4 is 46.7 Å². The number of carbonyl (C=O) groups is 3. The van der Waals surface area contributed by atoms with Crippen LogP contribution in [0.1, 0.15) is 29.5 Å². The van der Waals surface area contributed by atoms with E-state index in [-0.39, 0.29) is 42.2 Å². The van der Waals surface area contributed by atoms with Crippen molar-refractivity contribution < 1.29 is 32.3 Å². The molecule has 0 bridgehead atoms. The first-order valence-corrected chi connectivity index (χ1v) is 16.6. The topological polar surface area (TPSA) is 124 Å². The fourth-order valence-electron chi connectivity index (χ4n) is 6.66. The summed E-state index contributed by atoms with van der Waals surface area (Å²) in [5.74, 6) is -0.514. The zero-order valence-electron chi connectivity index (χ0n) is 26.7. The van der Waals surface area contributed by atoms with Crippen LogP contribution in [0.25, 0.3) is 0 Å². The highest BCUT2D eigenvalue weighted by Gasteiger charge is 2.37. The van der Waals surface area contributed by atoms with Gasteiger partial charge in [-0.05, 0) is 60.7 Å². The van der Waals surface area contributed by atoms with Crippen molar-refractivity contribution in [3.8, 4) is 0 Å². The van der Waals surface area contributed by atoms with Crippen molar-refractivity contribution in [1.82, 2.24) is 19.7 Å². The number of urea groups is 1. The third-order valence-corrected chi connectivity index (χ3v) is 9.67. The summed E-state index contributed by atoms with van der Waals surface area (Å²) >= 11 is 6.08. The molecule has 2 aromatic carbocycles. The van der Waals surface area contributed by atoms with E-state index in [0.717, 1.165) is 23.0 Å². The third kappa shape index (κ3) is 7.79. The number of likely N-dealkylation sites (tertiary alicyclic amines) is 1. The van der Waals surface area contributed by atoms with Crippen LogP contribution in [0.3, 0.4) is 0 Å². The number of fused-ring (bicyclic) bond motifs is 1. The van der Waals surface area contributed by atoms with Crippen LogP contribution < -0.4 is 16.0 Å². The molecule has 3 aromatic rings. The third-order valence-electron chi connectivity index (χ3n) is 9.36. The Balaban J connectivity index is 1.14. The first-order chi connectivity index (χ1) is 23.5. The van der Waals surface area contributed by atoms with Gasteiger partial charge in [0, 0.05) is 82.0 Å². The maximum Gasteiger partial charge on any atom is 0.418 e. The zero-order valence-corrected chi connectivity index (χ0v) is 27.4. The van der Waals surface area contributed by atoms with E-state index in [4.69, 9.17) is 22.1 Å². The standard InChI is InChI=1S/C34H37ClF3N7O4/c35-27-20-22(19-26(30(27)39)34(36,37)38)21-29(31(46)43-17-15-42(16-18-43)24-5-10-40-11-6-24)49-33(48)44-12-8-25(9-13-44)45-14-7-23-3-1-2-4-28(23)41-32(45)47/h1-6,10-11,19-20,25,29H,7-9,12-18,21,39H2,(H,41,47)/t29-/m1/s1. The molecular formula is C34H37ClF3N7O4. The number of ether oxygens (including phenoxy) is 1. The lowest BCUT2D eigenvalue weighted by molar-refractivity contribution is -0.141. The van der Waals surface area contributed by atoms with Gasteiger partial charge in [-0.25, -0.2) is 9.59 Å². The minimum Gasteiger partial charge on any atom is -0.436 e. The Bertz CT molecular complexity index is 1680. The molecule has 1 aromatic heterocycles. The molecule has 11 nitrogen and oxygen atoms in total. The first kappa shape index (κ1) is 34.2. The molecule has 3 aliphatic rings. The predicted octanol–water partition coefficient (Wildman–Crippen LogP) is 5.29. The molecule has 0 radical (unpaired) electrons. The molecule has 3 aliphatic heterocycles. The number of nitrogens with two attached hydrogens (primary N) is 1. The number of anilines is 3. The van der Waals surface area contributed by atoms with Gasteiger partial charge in [0.15, 0.2) is 6.10 Å². The van der Waals surface area contributed by atoms with E-state index in [2.05, 4.69) is 15.2 Å². The van der Waals surface area contributed by atoms with Crippen molar-refractivity contribution in [2.45, 2.75) is 44.0 Å². The summed E-state index contributed by atoms with van der Waals surface area (Å²) in [6.07, 6.45) is -2.22. The zero-order chi connectivity index (χ0) is 34.7. The first-order valence-electron chi connectivity index (χ1n) is 16.2. The summed E-state index contributed by atoms with van der Waals surface area (Å²) in [6.45, 7) is 2.73. The molecular weight excluding hydrogens is 663 g/mol. The molecule has 6 rings (SSSR count).